The standard InChI is InChI=1S/C12H16N2O4/c1-8(2)13-10(15)5-7-14-6-3-4-9(11(14)16)12(17)18/h3-4,6,8H,5,7H2,1-2H3,(H,13,15)(H,17,18). The summed E-state index contributed by atoms with van der Waals surface area (Å²) in [5, 5.41) is 11.5. The monoisotopic (exact) mass is 252 g/mol. The predicted molar refractivity (Wildman–Crippen MR) is 65.6 cm³/mol. The Morgan fingerprint density at radius 3 is 2.67 bits per heavy atom. The maximum Gasteiger partial charge on any atom is 0.341 e. The van der Waals surface area contributed by atoms with Gasteiger partial charge in [-0.25, -0.2) is 4.79 Å². The van der Waals surface area contributed by atoms with Gasteiger partial charge in [0.1, 0.15) is 5.56 Å². The first-order valence-electron chi connectivity index (χ1n) is 5.64. The SMILES string of the molecule is CC(C)NC(=O)CCn1cccc(C(=O)O)c1=O. The van der Waals surface area contributed by atoms with Crippen LogP contribution in [0.25, 0.3) is 0 Å². The number of carbonyl (C=O) groups is 2. The highest BCUT2D eigenvalue weighted by Crippen LogP contribution is 1.94. The quantitative estimate of drug-likeness (QED) is 0.796. The van der Waals surface area contributed by atoms with Gasteiger partial charge in [0, 0.05) is 25.2 Å². The van der Waals surface area contributed by atoms with Crippen molar-refractivity contribution in [3.63, 3.8) is 0 Å². The van der Waals surface area contributed by atoms with Gasteiger partial charge >= 0.3 is 5.97 Å². The number of nitrogens with one attached hydrogen (secondary N) is 1. The molecule has 0 saturated heterocycles. The molecule has 0 radical (unpaired) electrons. The fourth-order valence-electron chi connectivity index (χ4n) is 1.49. The normalized spacial score (nSPS) is 10.4. The summed E-state index contributed by atoms with van der Waals surface area (Å²) in [4.78, 5) is 33.9. The van der Waals surface area contributed by atoms with Crippen LogP contribution in [0.4, 0.5) is 0 Å². The van der Waals surface area contributed by atoms with Crippen molar-refractivity contribution in [1.82, 2.24) is 9.88 Å². The van der Waals surface area contributed by atoms with E-state index in [4.69, 9.17) is 5.11 Å². The average molecular weight is 252 g/mol. The van der Waals surface area contributed by atoms with Gasteiger partial charge in [-0.05, 0) is 26.0 Å². The smallest absolute Gasteiger partial charge is 0.341 e. The molecule has 18 heavy (non-hydrogen) atoms. The molecule has 1 aromatic rings. The van der Waals surface area contributed by atoms with Crippen LogP contribution < -0.4 is 10.9 Å². The number of aromatic nitrogens is 1. The Labute approximate surface area is 104 Å². The Morgan fingerprint density at radius 1 is 1.44 bits per heavy atom. The molecule has 1 aromatic heterocycles. The van der Waals surface area contributed by atoms with Gasteiger partial charge in [0.05, 0.1) is 0 Å². The molecule has 1 amide bonds. The van der Waals surface area contributed by atoms with Crippen LogP contribution in [0.3, 0.4) is 0 Å². The number of pyridine rings is 1. The fraction of sp³-hybridized carbons (Fsp3) is 0.417. The minimum atomic E-state index is -1.26. The maximum absolute atomic E-state index is 11.7. The molecule has 0 atom stereocenters. The Kier molecular flexibility index (Phi) is 4.65. The van der Waals surface area contributed by atoms with Gasteiger partial charge in [-0.3, -0.25) is 9.59 Å². The van der Waals surface area contributed by atoms with Gasteiger partial charge in [-0.15, -0.1) is 0 Å². The average Bonchev–Trinajstić information content (AvgIpc) is 2.26. The van der Waals surface area contributed by atoms with Gasteiger partial charge in [0.25, 0.3) is 5.56 Å². The van der Waals surface area contributed by atoms with E-state index in [0.717, 1.165) is 0 Å². The molecule has 2 N–H and O–H groups in total. The number of aryl methyl sites for hydroxylation is 1. The lowest BCUT2D eigenvalue weighted by Crippen LogP contribution is -2.32. The summed E-state index contributed by atoms with van der Waals surface area (Å²) in [5.41, 5.74) is -0.885. The molecule has 98 valence electrons. The van der Waals surface area contributed by atoms with Gasteiger partial charge in [-0.2, -0.15) is 0 Å². The van der Waals surface area contributed by atoms with Crippen molar-refractivity contribution in [3.8, 4) is 0 Å². The van der Waals surface area contributed by atoms with E-state index in [1.165, 1.54) is 22.9 Å². The lowest BCUT2D eigenvalue weighted by atomic mass is 10.2. The van der Waals surface area contributed by atoms with E-state index in [9.17, 15) is 14.4 Å². The van der Waals surface area contributed by atoms with Gasteiger partial charge in [-0.1, -0.05) is 0 Å². The fourth-order valence-corrected chi connectivity index (χ4v) is 1.49. The molecule has 0 unspecified atom stereocenters. The molecule has 1 rings (SSSR count). The minimum Gasteiger partial charge on any atom is -0.477 e. The molecule has 6 heteroatoms. The molecule has 0 aliphatic heterocycles. The number of hydrogen-bond acceptors (Lipinski definition) is 3. The zero-order valence-electron chi connectivity index (χ0n) is 10.3. The summed E-state index contributed by atoms with van der Waals surface area (Å²) in [6.45, 7) is 3.85. The van der Waals surface area contributed by atoms with Gasteiger partial charge in [0.2, 0.25) is 5.91 Å². The van der Waals surface area contributed by atoms with Gasteiger partial charge < -0.3 is 15.0 Å². The number of carboxylic acids is 1. The summed E-state index contributed by atoms with van der Waals surface area (Å²) in [6.07, 6.45) is 1.61. The van der Waals surface area contributed by atoms with Crippen LogP contribution in [0, 0.1) is 0 Å². The number of carbonyl (C=O) groups excluding carboxylic acids is 1. The first-order chi connectivity index (χ1) is 8.41. The van der Waals surface area contributed by atoms with Crippen LogP contribution in [-0.4, -0.2) is 27.6 Å². The van der Waals surface area contributed by atoms with Crippen LogP contribution in [0.15, 0.2) is 23.1 Å². The summed E-state index contributed by atoms with van der Waals surface area (Å²) >= 11 is 0. The highest BCUT2D eigenvalue weighted by atomic mass is 16.4. The third-order valence-corrected chi connectivity index (χ3v) is 2.28. The van der Waals surface area contributed by atoms with E-state index >= 15 is 0 Å². The Hall–Kier alpha value is -2.11. The number of carboxylic acid groups (broad SMARTS) is 1. The number of rotatable bonds is 5. The molecule has 6 nitrogen and oxygen atoms in total. The van der Waals surface area contributed by atoms with Crippen molar-refractivity contribution in [3.05, 3.63) is 34.2 Å². The molecule has 0 saturated carbocycles. The third-order valence-electron chi connectivity index (χ3n) is 2.28. The van der Waals surface area contributed by atoms with Crippen molar-refractivity contribution in [1.29, 1.82) is 0 Å². The van der Waals surface area contributed by atoms with E-state index in [1.54, 1.807) is 0 Å². The van der Waals surface area contributed by atoms with Crippen molar-refractivity contribution >= 4 is 11.9 Å². The Bertz CT molecular complexity index is 505. The van der Waals surface area contributed by atoms with Crippen molar-refractivity contribution in [2.45, 2.75) is 32.9 Å². The van der Waals surface area contributed by atoms with Crippen LogP contribution in [0.2, 0.25) is 0 Å². The van der Waals surface area contributed by atoms with E-state index in [1.807, 2.05) is 13.8 Å². The first-order valence-corrected chi connectivity index (χ1v) is 5.64. The summed E-state index contributed by atoms with van der Waals surface area (Å²) in [6, 6.07) is 2.76. The zero-order valence-corrected chi connectivity index (χ0v) is 10.3. The molecule has 0 aromatic carbocycles. The second-order valence-electron chi connectivity index (χ2n) is 4.20. The number of aromatic carboxylic acids is 1. The molecule has 0 spiro atoms. The van der Waals surface area contributed by atoms with E-state index in [0.29, 0.717) is 0 Å². The Balaban J connectivity index is 2.75. The lowest BCUT2D eigenvalue weighted by Gasteiger charge is -2.09. The number of hydrogen-bond donors (Lipinski definition) is 2. The minimum absolute atomic E-state index is 0.0413. The molecular formula is C12H16N2O4. The molecule has 0 fully saturated rings. The van der Waals surface area contributed by atoms with Crippen LogP contribution in [0.5, 0.6) is 0 Å². The topological polar surface area (TPSA) is 88.4 Å². The zero-order chi connectivity index (χ0) is 13.7. The Morgan fingerprint density at radius 2 is 2.11 bits per heavy atom. The second-order valence-corrected chi connectivity index (χ2v) is 4.20. The molecule has 0 aliphatic rings. The third kappa shape index (κ3) is 3.73. The van der Waals surface area contributed by atoms with Crippen molar-refractivity contribution < 1.29 is 14.7 Å². The van der Waals surface area contributed by atoms with Crippen molar-refractivity contribution in [2.24, 2.45) is 0 Å². The maximum atomic E-state index is 11.7. The molecule has 0 bridgehead atoms. The van der Waals surface area contributed by atoms with E-state index in [-0.39, 0.29) is 30.5 Å². The van der Waals surface area contributed by atoms with Crippen LogP contribution >= 0.6 is 0 Å². The van der Waals surface area contributed by atoms with E-state index < -0.39 is 11.5 Å². The molecule has 1 heterocycles. The lowest BCUT2D eigenvalue weighted by molar-refractivity contribution is -0.121. The highest BCUT2D eigenvalue weighted by Gasteiger charge is 2.11. The van der Waals surface area contributed by atoms with Crippen LogP contribution in [0.1, 0.15) is 30.6 Å². The second kappa shape index (κ2) is 6.00. The number of amides is 1. The highest BCUT2D eigenvalue weighted by molar-refractivity contribution is 5.87. The summed E-state index contributed by atoms with van der Waals surface area (Å²) in [5.74, 6) is -1.43. The largest absolute Gasteiger partial charge is 0.477 e. The van der Waals surface area contributed by atoms with E-state index in [2.05, 4.69) is 5.32 Å². The predicted octanol–water partition coefficient (Wildman–Crippen LogP) is 0.461. The molecular weight excluding hydrogens is 236 g/mol. The summed E-state index contributed by atoms with van der Waals surface area (Å²) < 4.78 is 1.23. The van der Waals surface area contributed by atoms with Gasteiger partial charge in [0.15, 0.2) is 0 Å². The molecule has 0 aliphatic carbocycles. The van der Waals surface area contributed by atoms with Crippen molar-refractivity contribution in [2.75, 3.05) is 0 Å². The first kappa shape index (κ1) is 14.0. The van der Waals surface area contributed by atoms with Crippen LogP contribution in [-0.2, 0) is 11.3 Å². The number of nitrogens with zero attached hydrogens (tertiary/aromatic N) is 1. The summed E-state index contributed by atoms with van der Waals surface area (Å²) in [7, 11) is 0.